The van der Waals surface area contributed by atoms with Gasteiger partial charge in [-0.2, -0.15) is 0 Å². The van der Waals surface area contributed by atoms with Crippen LogP contribution < -0.4 is 11.6 Å². The lowest BCUT2D eigenvalue weighted by molar-refractivity contribution is -0.136. The number of hydrazine groups is 1. The third-order valence-electron chi connectivity index (χ3n) is 6.73. The Balaban J connectivity index is 0.000000313. The molecule has 2 saturated carbocycles. The molecule has 0 aromatic carbocycles. The van der Waals surface area contributed by atoms with E-state index >= 15 is 0 Å². The molecule has 1 atom stereocenters. The van der Waals surface area contributed by atoms with Crippen molar-refractivity contribution >= 4 is 5.91 Å². The van der Waals surface area contributed by atoms with Gasteiger partial charge in [-0.05, 0) is 25.7 Å². The highest BCUT2D eigenvalue weighted by molar-refractivity contribution is 5.79. The predicted molar refractivity (Wildman–Crippen MR) is 122 cm³/mol. The van der Waals surface area contributed by atoms with Gasteiger partial charge in [0.2, 0.25) is 5.91 Å². The molecule has 168 valence electrons. The van der Waals surface area contributed by atoms with Crippen molar-refractivity contribution in [3.8, 4) is 0 Å². The zero-order valence-corrected chi connectivity index (χ0v) is 18.9. The Hall–Kier alpha value is -1.23. The van der Waals surface area contributed by atoms with Crippen LogP contribution in [0.15, 0.2) is 11.9 Å². The van der Waals surface area contributed by atoms with Crippen LogP contribution in [0.1, 0.15) is 109 Å². The second-order valence-electron chi connectivity index (χ2n) is 9.35. The summed E-state index contributed by atoms with van der Waals surface area (Å²) in [5.74, 6) is 6.16. The molecule has 0 bridgehead atoms. The van der Waals surface area contributed by atoms with E-state index in [1.54, 1.807) is 13.2 Å². The number of nitrogens with zero attached hydrogens (tertiary/aromatic N) is 2. The molecule has 0 aromatic rings. The van der Waals surface area contributed by atoms with E-state index in [-0.39, 0.29) is 12.0 Å². The zero-order valence-electron chi connectivity index (χ0n) is 18.9. The Bertz CT molecular complexity index is 459. The minimum absolute atomic E-state index is 0.0361. The maximum Gasteiger partial charge on any atom is 0.226 e. The molecular formula is C24H46N4O. The second-order valence-corrected chi connectivity index (χ2v) is 9.35. The molecule has 0 aromatic heterocycles. The molecule has 1 saturated heterocycles. The molecule has 3 aliphatic rings. The van der Waals surface area contributed by atoms with Crippen LogP contribution in [-0.4, -0.2) is 35.5 Å². The summed E-state index contributed by atoms with van der Waals surface area (Å²) in [6, 6.07) is 0.0361. The lowest BCUT2D eigenvalue weighted by atomic mass is 9.90. The highest BCUT2D eigenvalue weighted by atomic mass is 16.2. The average molecular weight is 407 g/mol. The molecule has 3 fully saturated rings. The summed E-state index contributed by atoms with van der Waals surface area (Å²) >= 11 is 0. The Morgan fingerprint density at radius 1 is 0.793 bits per heavy atom. The number of hydrogen-bond donors (Lipinski definition) is 2. The number of hydrogen-bond acceptors (Lipinski definition) is 4. The molecule has 5 nitrogen and oxygen atoms in total. The monoisotopic (exact) mass is 406 g/mol. The number of likely N-dealkylation sites (tertiary alicyclic amines) is 1. The van der Waals surface area contributed by atoms with Gasteiger partial charge in [-0.25, -0.2) is 5.84 Å². The smallest absolute Gasteiger partial charge is 0.226 e. The first-order valence-electron chi connectivity index (χ1n) is 12.3. The van der Waals surface area contributed by atoms with Crippen LogP contribution in [-0.2, 0) is 4.79 Å². The molecule has 5 heteroatoms. The predicted octanol–water partition coefficient (Wildman–Crippen LogP) is 5.06. The summed E-state index contributed by atoms with van der Waals surface area (Å²) in [4.78, 5) is 14.9. The van der Waals surface area contributed by atoms with Crippen LogP contribution in [0.5, 0.6) is 0 Å². The quantitative estimate of drug-likeness (QED) is 0.507. The number of rotatable bonds is 3. The standard InChI is InChI=1S/C16H30N4O.C8H16/c1-19(18)12-14(17)15-10-7-11-20(15)16(21)13-8-5-3-2-4-6-9-13;1-2-4-6-8-7-5-3-1/h12-13,15H,2-11,17-18H2,1H3;1-8H2/b14-12-;. The molecule has 1 aliphatic heterocycles. The van der Waals surface area contributed by atoms with Crippen LogP contribution in [0.4, 0.5) is 0 Å². The highest BCUT2D eigenvalue weighted by Crippen LogP contribution is 2.29. The number of nitrogens with two attached hydrogens (primary N) is 2. The summed E-state index contributed by atoms with van der Waals surface area (Å²) < 4.78 is 0. The highest BCUT2D eigenvalue weighted by Gasteiger charge is 2.34. The zero-order chi connectivity index (χ0) is 20.9. The normalized spacial score (nSPS) is 25.1. The van der Waals surface area contributed by atoms with Gasteiger partial charge in [0.1, 0.15) is 0 Å². The van der Waals surface area contributed by atoms with Crippen molar-refractivity contribution < 1.29 is 4.79 Å². The fourth-order valence-corrected chi connectivity index (χ4v) is 5.05. The topological polar surface area (TPSA) is 75.6 Å². The van der Waals surface area contributed by atoms with Gasteiger partial charge in [-0.1, -0.05) is 83.5 Å². The average Bonchev–Trinajstić information content (AvgIpc) is 3.10. The van der Waals surface area contributed by atoms with Gasteiger partial charge in [-0.3, -0.25) is 4.79 Å². The van der Waals surface area contributed by atoms with Crippen molar-refractivity contribution in [3.05, 3.63) is 11.9 Å². The lowest BCUT2D eigenvalue weighted by Crippen LogP contribution is -2.42. The minimum Gasteiger partial charge on any atom is -0.399 e. The van der Waals surface area contributed by atoms with Crippen LogP contribution in [0.2, 0.25) is 0 Å². The fourth-order valence-electron chi connectivity index (χ4n) is 5.05. The summed E-state index contributed by atoms with van der Waals surface area (Å²) in [5.41, 5.74) is 6.84. The first-order valence-corrected chi connectivity index (χ1v) is 12.3. The Morgan fingerprint density at radius 2 is 1.24 bits per heavy atom. The first kappa shape index (κ1) is 24.0. The van der Waals surface area contributed by atoms with Gasteiger partial charge >= 0.3 is 0 Å². The van der Waals surface area contributed by atoms with Crippen molar-refractivity contribution in [2.75, 3.05) is 13.6 Å². The third kappa shape index (κ3) is 8.98. The molecule has 3 rings (SSSR count). The Morgan fingerprint density at radius 3 is 1.69 bits per heavy atom. The van der Waals surface area contributed by atoms with Crippen LogP contribution in [0, 0.1) is 5.92 Å². The second kappa shape index (κ2) is 13.9. The Labute approximate surface area is 179 Å². The van der Waals surface area contributed by atoms with E-state index in [0.717, 1.165) is 32.2 Å². The van der Waals surface area contributed by atoms with Crippen molar-refractivity contribution in [2.45, 2.75) is 115 Å². The van der Waals surface area contributed by atoms with Gasteiger partial charge in [0.05, 0.1) is 6.04 Å². The van der Waals surface area contributed by atoms with Gasteiger partial charge in [0.25, 0.3) is 0 Å². The van der Waals surface area contributed by atoms with Crippen LogP contribution in [0.25, 0.3) is 0 Å². The molecule has 4 N–H and O–H groups in total. The number of carbonyl (C=O) groups is 1. The van der Waals surface area contributed by atoms with E-state index < -0.39 is 0 Å². The maximum atomic E-state index is 12.9. The van der Waals surface area contributed by atoms with E-state index in [1.165, 1.54) is 88.5 Å². The fraction of sp³-hybridized carbons (Fsp3) is 0.875. The molecule has 29 heavy (non-hydrogen) atoms. The summed E-state index contributed by atoms with van der Waals surface area (Å²) in [6.07, 6.45) is 24.0. The largest absolute Gasteiger partial charge is 0.399 e. The molecule has 1 unspecified atom stereocenters. The van der Waals surface area contributed by atoms with Crippen molar-refractivity contribution in [3.63, 3.8) is 0 Å². The van der Waals surface area contributed by atoms with Crippen molar-refractivity contribution in [1.29, 1.82) is 0 Å². The molecular weight excluding hydrogens is 360 g/mol. The van der Waals surface area contributed by atoms with E-state index in [4.69, 9.17) is 11.6 Å². The van der Waals surface area contributed by atoms with Crippen LogP contribution in [0.3, 0.4) is 0 Å². The lowest BCUT2D eigenvalue weighted by Gasteiger charge is -2.30. The molecule has 0 radical (unpaired) electrons. The molecule has 2 aliphatic carbocycles. The van der Waals surface area contributed by atoms with Gasteiger partial charge in [-0.15, -0.1) is 0 Å². The van der Waals surface area contributed by atoms with E-state index in [0.29, 0.717) is 11.6 Å². The molecule has 1 heterocycles. The minimum atomic E-state index is 0.0361. The van der Waals surface area contributed by atoms with E-state index in [1.807, 2.05) is 4.90 Å². The molecule has 0 spiro atoms. The summed E-state index contributed by atoms with van der Waals surface area (Å²) in [5, 5.41) is 1.46. The van der Waals surface area contributed by atoms with Gasteiger partial charge < -0.3 is 15.6 Å². The van der Waals surface area contributed by atoms with E-state index in [9.17, 15) is 4.79 Å². The summed E-state index contributed by atoms with van der Waals surface area (Å²) in [6.45, 7) is 0.836. The third-order valence-corrected chi connectivity index (χ3v) is 6.73. The summed E-state index contributed by atoms with van der Waals surface area (Å²) in [7, 11) is 1.75. The van der Waals surface area contributed by atoms with Crippen molar-refractivity contribution in [2.24, 2.45) is 17.5 Å². The van der Waals surface area contributed by atoms with Crippen molar-refractivity contribution in [1.82, 2.24) is 9.91 Å². The van der Waals surface area contributed by atoms with E-state index in [2.05, 4.69) is 0 Å². The SMILES string of the molecule is C1CCCCCCC1.CN(N)/C=C(\N)C1CCCN1C(=O)C1CCCCCCC1. The Kier molecular flexibility index (Phi) is 11.5. The van der Waals surface area contributed by atoms with Gasteiger partial charge in [0.15, 0.2) is 0 Å². The van der Waals surface area contributed by atoms with Gasteiger partial charge in [0, 0.05) is 31.4 Å². The van der Waals surface area contributed by atoms with Crippen LogP contribution >= 0.6 is 0 Å². The maximum absolute atomic E-state index is 12.9. The first-order chi connectivity index (χ1) is 14.1. The number of amides is 1. The number of carbonyl (C=O) groups excluding carboxylic acids is 1. The molecule has 1 amide bonds.